The van der Waals surface area contributed by atoms with Gasteiger partial charge in [-0.15, -0.1) is 0 Å². The Morgan fingerprint density at radius 2 is 2.00 bits per heavy atom. The Balaban J connectivity index is 1.77. The molecule has 8 nitrogen and oxygen atoms in total. The maximum atomic E-state index is 13.4. The van der Waals surface area contributed by atoms with E-state index in [1.54, 1.807) is 43.9 Å². The summed E-state index contributed by atoms with van der Waals surface area (Å²) in [6, 6.07) is 13.6. The van der Waals surface area contributed by atoms with Gasteiger partial charge in [0, 0.05) is 18.0 Å². The van der Waals surface area contributed by atoms with Gasteiger partial charge >= 0.3 is 0 Å². The minimum Gasteiger partial charge on any atom is -0.495 e. The van der Waals surface area contributed by atoms with Gasteiger partial charge in [-0.2, -0.15) is 5.10 Å². The maximum Gasteiger partial charge on any atom is 0.260 e. The normalized spacial score (nSPS) is 12.5. The molecular weight excluding hydrogens is 437 g/mol. The lowest BCUT2D eigenvalue weighted by Crippen LogP contribution is -2.31. The number of aliphatic hydroxyl groups excluding tert-OH is 1. The van der Waals surface area contributed by atoms with Crippen molar-refractivity contribution in [3.8, 4) is 11.4 Å². The van der Waals surface area contributed by atoms with Crippen molar-refractivity contribution in [2.45, 2.75) is 13.0 Å². The zero-order chi connectivity index (χ0) is 24.2. The predicted octanol–water partition coefficient (Wildman–Crippen LogP) is 2.78. The van der Waals surface area contributed by atoms with Gasteiger partial charge in [-0.05, 0) is 48.9 Å². The molecule has 9 heteroatoms. The third-order valence-corrected chi connectivity index (χ3v) is 5.57. The van der Waals surface area contributed by atoms with E-state index in [1.807, 2.05) is 23.8 Å². The van der Waals surface area contributed by atoms with Gasteiger partial charge in [0.1, 0.15) is 17.3 Å². The second-order valence-electron chi connectivity index (χ2n) is 7.67. The number of methoxy groups -OCH3 is 1. The number of benzene rings is 2. The second kappa shape index (κ2) is 9.72. The molecule has 0 bridgehead atoms. The van der Waals surface area contributed by atoms with E-state index in [9.17, 15) is 14.3 Å². The summed E-state index contributed by atoms with van der Waals surface area (Å²) in [6.07, 6.45) is 5.12. The van der Waals surface area contributed by atoms with Crippen LogP contribution in [0.25, 0.3) is 5.69 Å². The van der Waals surface area contributed by atoms with Gasteiger partial charge in [0.05, 0.1) is 43.0 Å². The molecule has 4 rings (SSSR count). The van der Waals surface area contributed by atoms with E-state index in [-0.39, 0.29) is 17.9 Å². The molecule has 0 saturated carbocycles. The van der Waals surface area contributed by atoms with Gasteiger partial charge in [0.15, 0.2) is 0 Å². The van der Waals surface area contributed by atoms with E-state index in [0.29, 0.717) is 16.9 Å². The molecule has 174 valence electrons. The van der Waals surface area contributed by atoms with Gasteiger partial charge in [-0.1, -0.05) is 18.2 Å². The number of hydrogen-bond donors (Lipinski definition) is 2. The number of hydrogen-bond acceptors (Lipinski definition) is 6. The van der Waals surface area contributed by atoms with Gasteiger partial charge in [0.25, 0.3) is 5.56 Å². The molecule has 0 fully saturated rings. The summed E-state index contributed by atoms with van der Waals surface area (Å²) in [5.74, 6) is 5.88. The van der Waals surface area contributed by atoms with Gasteiger partial charge < -0.3 is 24.8 Å². The predicted molar refractivity (Wildman–Crippen MR) is 127 cm³/mol. The van der Waals surface area contributed by atoms with Crippen molar-refractivity contribution in [3.63, 3.8) is 0 Å². The average Bonchev–Trinajstić information content (AvgIpc) is 3.29. The Morgan fingerprint density at radius 1 is 1.24 bits per heavy atom. The number of rotatable bonds is 7. The van der Waals surface area contributed by atoms with Crippen LogP contribution in [0.3, 0.4) is 0 Å². The van der Waals surface area contributed by atoms with Crippen LogP contribution in [0.4, 0.5) is 4.39 Å². The molecule has 3 N–H and O–H groups in total. The van der Waals surface area contributed by atoms with Crippen LogP contribution in [-0.4, -0.2) is 38.7 Å². The Morgan fingerprint density at radius 3 is 2.62 bits per heavy atom. The first-order valence-corrected chi connectivity index (χ1v) is 10.5. The summed E-state index contributed by atoms with van der Waals surface area (Å²) in [7, 11) is 1.55. The van der Waals surface area contributed by atoms with E-state index in [0.717, 1.165) is 11.4 Å². The van der Waals surface area contributed by atoms with Crippen LogP contribution < -0.4 is 16.1 Å². The highest BCUT2D eigenvalue weighted by atomic mass is 19.1. The molecule has 0 radical (unpaired) electrons. The Labute approximate surface area is 195 Å². The molecule has 4 aromatic rings. The summed E-state index contributed by atoms with van der Waals surface area (Å²) >= 11 is 0. The van der Waals surface area contributed by atoms with E-state index >= 15 is 0 Å². The standard InChI is InChI=1S/C25H24FN5O3/c1-16-13-30(15-28-16)21-10-7-18(12-23(21)34-2)24(29-27)20-4-3-11-31(25(20)33)22(14-32)17-5-8-19(26)9-6-17/h3-13,15,22,32H,14,27H2,1-2H3. The van der Waals surface area contributed by atoms with Crippen LogP contribution in [0.1, 0.15) is 28.4 Å². The van der Waals surface area contributed by atoms with Crippen LogP contribution in [0, 0.1) is 12.7 Å². The third kappa shape index (κ3) is 4.33. The quantitative estimate of drug-likeness (QED) is 0.250. The number of hydrazone groups is 1. The fourth-order valence-electron chi connectivity index (χ4n) is 3.87. The summed E-state index contributed by atoms with van der Waals surface area (Å²) in [5, 5.41) is 13.9. The molecule has 0 aliphatic rings. The van der Waals surface area contributed by atoms with E-state index in [4.69, 9.17) is 10.6 Å². The first-order chi connectivity index (χ1) is 16.5. The maximum absolute atomic E-state index is 13.4. The van der Waals surface area contributed by atoms with Gasteiger partial charge in [0.2, 0.25) is 0 Å². The summed E-state index contributed by atoms with van der Waals surface area (Å²) in [5.41, 5.74) is 2.92. The van der Waals surface area contributed by atoms with Crippen molar-refractivity contribution < 1.29 is 14.2 Å². The summed E-state index contributed by atoms with van der Waals surface area (Å²) in [6.45, 7) is 1.54. The van der Waals surface area contributed by atoms with E-state index in [1.165, 1.54) is 28.8 Å². The lowest BCUT2D eigenvalue weighted by molar-refractivity contribution is 0.247. The Bertz CT molecular complexity index is 1390. The first kappa shape index (κ1) is 22.9. The van der Waals surface area contributed by atoms with Crippen LogP contribution in [0.15, 0.2) is 83.2 Å². The first-order valence-electron chi connectivity index (χ1n) is 10.5. The van der Waals surface area contributed by atoms with Crippen molar-refractivity contribution in [1.82, 2.24) is 14.1 Å². The molecule has 0 spiro atoms. The Kier molecular flexibility index (Phi) is 6.55. The van der Waals surface area contributed by atoms with Gasteiger partial charge in [-0.3, -0.25) is 4.79 Å². The topological polar surface area (TPSA) is 108 Å². The van der Waals surface area contributed by atoms with E-state index < -0.39 is 17.4 Å². The van der Waals surface area contributed by atoms with Crippen LogP contribution in [0.2, 0.25) is 0 Å². The highest BCUT2D eigenvalue weighted by Gasteiger charge is 2.20. The zero-order valence-electron chi connectivity index (χ0n) is 18.7. The second-order valence-corrected chi connectivity index (χ2v) is 7.67. The number of aromatic nitrogens is 3. The van der Waals surface area contributed by atoms with Crippen LogP contribution in [-0.2, 0) is 0 Å². The molecular formula is C25H24FN5O3. The monoisotopic (exact) mass is 461 g/mol. The average molecular weight is 461 g/mol. The number of aliphatic hydroxyl groups is 1. The Hall–Kier alpha value is -4.24. The molecule has 0 aliphatic heterocycles. The molecule has 2 aromatic heterocycles. The number of imidazole rings is 1. The molecule has 2 aromatic carbocycles. The number of pyridine rings is 1. The van der Waals surface area contributed by atoms with Crippen molar-refractivity contribution in [3.05, 3.63) is 112 Å². The number of nitrogens with two attached hydrogens (primary N) is 1. The molecule has 2 heterocycles. The van der Waals surface area contributed by atoms with Crippen molar-refractivity contribution in [2.75, 3.05) is 13.7 Å². The molecule has 0 saturated heterocycles. The fourth-order valence-corrected chi connectivity index (χ4v) is 3.87. The highest BCUT2D eigenvalue weighted by Crippen LogP contribution is 2.26. The lowest BCUT2D eigenvalue weighted by atomic mass is 10.0. The molecule has 0 amide bonds. The number of ether oxygens (including phenoxy) is 1. The minimum atomic E-state index is -0.700. The smallest absolute Gasteiger partial charge is 0.260 e. The summed E-state index contributed by atoms with van der Waals surface area (Å²) < 4.78 is 22.1. The van der Waals surface area contributed by atoms with Crippen molar-refractivity contribution in [1.29, 1.82) is 0 Å². The van der Waals surface area contributed by atoms with Crippen LogP contribution in [0.5, 0.6) is 5.75 Å². The SMILES string of the molecule is COc1cc(C(=NN)c2cccn(C(CO)c3ccc(F)cc3)c2=O)ccc1-n1cnc(C)c1. The molecule has 0 aliphatic carbocycles. The summed E-state index contributed by atoms with van der Waals surface area (Å²) in [4.78, 5) is 17.7. The third-order valence-electron chi connectivity index (χ3n) is 5.57. The lowest BCUT2D eigenvalue weighted by Gasteiger charge is -2.19. The van der Waals surface area contributed by atoms with Crippen molar-refractivity contribution >= 4 is 5.71 Å². The number of halogens is 1. The fraction of sp³-hybridized carbons (Fsp3) is 0.160. The largest absolute Gasteiger partial charge is 0.495 e. The van der Waals surface area contributed by atoms with Crippen LogP contribution >= 0.6 is 0 Å². The highest BCUT2D eigenvalue weighted by molar-refractivity contribution is 6.12. The van der Waals surface area contributed by atoms with Gasteiger partial charge in [-0.25, -0.2) is 9.37 Å². The molecule has 1 atom stereocenters. The number of nitrogens with zero attached hydrogens (tertiary/aromatic N) is 4. The van der Waals surface area contributed by atoms with E-state index in [2.05, 4.69) is 10.1 Å². The number of aryl methyl sites for hydroxylation is 1. The van der Waals surface area contributed by atoms with Crippen molar-refractivity contribution in [2.24, 2.45) is 10.9 Å². The molecule has 34 heavy (non-hydrogen) atoms. The minimum absolute atomic E-state index is 0.249. The zero-order valence-corrected chi connectivity index (χ0v) is 18.7. The molecule has 1 unspecified atom stereocenters.